The van der Waals surface area contributed by atoms with Crippen molar-refractivity contribution in [3.05, 3.63) is 120 Å². The normalized spacial score (nSPS) is 11.5. The zero-order valence-corrected chi connectivity index (χ0v) is 19.5. The quantitative estimate of drug-likeness (QED) is 0.355. The SMILES string of the molecule is CS(=O)(=O)c1ccc(-c2cnn(-c3ccc(-n4cccc4)cc3)c(=O)c2-c2ccc(F)cc2)cc1. The van der Waals surface area contributed by atoms with Crippen molar-refractivity contribution in [3.63, 3.8) is 0 Å². The van der Waals surface area contributed by atoms with E-state index in [9.17, 15) is 17.6 Å². The van der Waals surface area contributed by atoms with E-state index >= 15 is 0 Å². The standard InChI is InChI=1S/C27H20FN3O3S/c1-35(33,34)24-14-6-19(7-15-24)25-18-29-31(27(32)26(25)20-4-8-21(28)9-5-20)23-12-10-22(11-13-23)30-16-2-3-17-30/h2-18H,1H3. The Labute approximate surface area is 201 Å². The van der Waals surface area contributed by atoms with Crippen molar-refractivity contribution in [1.29, 1.82) is 0 Å². The van der Waals surface area contributed by atoms with Gasteiger partial charge in [0.1, 0.15) is 5.82 Å². The molecule has 5 aromatic rings. The van der Waals surface area contributed by atoms with Gasteiger partial charge in [-0.25, -0.2) is 12.8 Å². The molecule has 0 aliphatic carbocycles. The number of hydrogen-bond acceptors (Lipinski definition) is 4. The average molecular weight is 486 g/mol. The Morgan fingerprint density at radius 2 is 1.34 bits per heavy atom. The molecule has 0 radical (unpaired) electrons. The molecular weight excluding hydrogens is 465 g/mol. The van der Waals surface area contributed by atoms with Gasteiger partial charge in [-0.2, -0.15) is 9.78 Å². The minimum atomic E-state index is -3.36. The van der Waals surface area contributed by atoms with Crippen LogP contribution in [0.1, 0.15) is 0 Å². The lowest BCUT2D eigenvalue weighted by Crippen LogP contribution is -2.23. The summed E-state index contributed by atoms with van der Waals surface area (Å²) in [7, 11) is -3.36. The van der Waals surface area contributed by atoms with Gasteiger partial charge in [0, 0.05) is 29.9 Å². The molecule has 5 rings (SSSR count). The van der Waals surface area contributed by atoms with Crippen molar-refractivity contribution in [1.82, 2.24) is 14.3 Å². The summed E-state index contributed by atoms with van der Waals surface area (Å²) in [6.45, 7) is 0. The van der Waals surface area contributed by atoms with Crippen molar-refractivity contribution in [3.8, 4) is 33.6 Å². The summed E-state index contributed by atoms with van der Waals surface area (Å²) >= 11 is 0. The minimum absolute atomic E-state index is 0.175. The van der Waals surface area contributed by atoms with Gasteiger partial charge >= 0.3 is 0 Å². The molecule has 0 saturated carbocycles. The van der Waals surface area contributed by atoms with Crippen LogP contribution in [-0.4, -0.2) is 29.0 Å². The van der Waals surface area contributed by atoms with Crippen molar-refractivity contribution in [2.24, 2.45) is 0 Å². The van der Waals surface area contributed by atoms with E-state index in [0.29, 0.717) is 27.9 Å². The Bertz CT molecular complexity index is 1660. The maximum absolute atomic E-state index is 13.7. The van der Waals surface area contributed by atoms with Crippen LogP contribution < -0.4 is 5.56 Å². The molecule has 35 heavy (non-hydrogen) atoms. The first-order valence-corrected chi connectivity index (χ1v) is 12.6. The van der Waals surface area contributed by atoms with Crippen molar-refractivity contribution in [2.75, 3.05) is 6.26 Å². The first kappa shape index (κ1) is 22.5. The molecular formula is C27H20FN3O3S. The summed E-state index contributed by atoms with van der Waals surface area (Å²) in [4.78, 5) is 13.9. The fourth-order valence-corrected chi connectivity index (χ4v) is 4.54. The number of sulfone groups is 1. The smallest absolute Gasteiger partial charge is 0.279 e. The van der Waals surface area contributed by atoms with Crippen LogP contribution in [0.25, 0.3) is 33.6 Å². The molecule has 0 atom stereocenters. The van der Waals surface area contributed by atoms with Crippen LogP contribution in [0.5, 0.6) is 0 Å². The van der Waals surface area contributed by atoms with E-state index in [1.165, 1.54) is 28.9 Å². The van der Waals surface area contributed by atoms with Gasteiger partial charge in [0.05, 0.1) is 22.3 Å². The number of rotatable bonds is 5. The van der Waals surface area contributed by atoms with Crippen LogP contribution in [0.15, 0.2) is 113 Å². The molecule has 6 nitrogen and oxygen atoms in total. The Hall–Kier alpha value is -4.30. The molecule has 3 aromatic carbocycles. The maximum Gasteiger partial charge on any atom is 0.279 e. The summed E-state index contributed by atoms with van der Waals surface area (Å²) in [6, 6.07) is 23.2. The molecule has 0 aliphatic heterocycles. The molecule has 0 bridgehead atoms. The fraction of sp³-hybridized carbons (Fsp3) is 0.0370. The summed E-state index contributed by atoms with van der Waals surface area (Å²) in [5.41, 5.74) is 3.13. The third-order valence-corrected chi connectivity index (χ3v) is 6.83. The highest BCUT2D eigenvalue weighted by atomic mass is 32.2. The summed E-state index contributed by atoms with van der Waals surface area (Å²) < 4.78 is 40.6. The number of benzene rings is 3. The summed E-state index contributed by atoms with van der Waals surface area (Å²) in [5.74, 6) is -0.414. The molecule has 0 fully saturated rings. The molecule has 0 saturated heterocycles. The lowest BCUT2D eigenvalue weighted by molar-refractivity contribution is 0.602. The zero-order valence-electron chi connectivity index (χ0n) is 18.7. The van der Waals surface area contributed by atoms with Crippen LogP contribution >= 0.6 is 0 Å². The highest BCUT2D eigenvalue weighted by molar-refractivity contribution is 7.90. The molecule has 0 unspecified atom stereocenters. The number of nitrogens with zero attached hydrogens (tertiary/aromatic N) is 3. The molecule has 2 heterocycles. The molecule has 0 amide bonds. The molecule has 0 N–H and O–H groups in total. The van der Waals surface area contributed by atoms with Crippen LogP contribution in [0, 0.1) is 5.82 Å². The number of halogens is 1. The third-order valence-electron chi connectivity index (χ3n) is 5.70. The van der Waals surface area contributed by atoms with Gasteiger partial charge in [0.2, 0.25) is 0 Å². The lowest BCUT2D eigenvalue weighted by Gasteiger charge is -2.14. The van der Waals surface area contributed by atoms with Crippen molar-refractivity contribution >= 4 is 9.84 Å². The van der Waals surface area contributed by atoms with Crippen LogP contribution in [0.3, 0.4) is 0 Å². The monoisotopic (exact) mass is 485 g/mol. The van der Waals surface area contributed by atoms with Gasteiger partial charge in [-0.15, -0.1) is 0 Å². The Balaban J connectivity index is 1.66. The van der Waals surface area contributed by atoms with E-state index < -0.39 is 15.7 Å². The predicted molar refractivity (Wildman–Crippen MR) is 133 cm³/mol. The van der Waals surface area contributed by atoms with Crippen LogP contribution in [-0.2, 0) is 9.84 Å². The second kappa shape index (κ2) is 8.81. The molecule has 174 valence electrons. The van der Waals surface area contributed by atoms with Gasteiger partial charge in [0.25, 0.3) is 5.56 Å². The number of aromatic nitrogens is 3. The van der Waals surface area contributed by atoms with Crippen LogP contribution in [0.2, 0.25) is 0 Å². The zero-order chi connectivity index (χ0) is 24.6. The largest absolute Gasteiger partial charge is 0.324 e. The first-order chi connectivity index (χ1) is 16.8. The minimum Gasteiger partial charge on any atom is -0.324 e. The summed E-state index contributed by atoms with van der Waals surface area (Å²) in [5, 5.41) is 4.40. The predicted octanol–water partition coefficient (Wildman–Crippen LogP) is 4.90. The molecule has 0 spiro atoms. The maximum atomic E-state index is 13.7. The van der Waals surface area contributed by atoms with Crippen LogP contribution in [0.4, 0.5) is 4.39 Å². The van der Waals surface area contributed by atoms with E-state index in [1.807, 2.05) is 41.2 Å². The number of hydrogen-bond donors (Lipinski definition) is 0. The third kappa shape index (κ3) is 4.43. The Kier molecular flexibility index (Phi) is 5.66. The highest BCUT2D eigenvalue weighted by Gasteiger charge is 2.17. The molecule has 8 heteroatoms. The molecule has 2 aromatic heterocycles. The van der Waals surface area contributed by atoms with E-state index in [1.54, 1.807) is 42.6 Å². The molecule has 0 aliphatic rings. The van der Waals surface area contributed by atoms with Crippen molar-refractivity contribution in [2.45, 2.75) is 4.90 Å². The van der Waals surface area contributed by atoms with E-state index in [2.05, 4.69) is 5.10 Å². The van der Waals surface area contributed by atoms with E-state index in [-0.39, 0.29) is 10.5 Å². The van der Waals surface area contributed by atoms with Crippen molar-refractivity contribution < 1.29 is 12.8 Å². The van der Waals surface area contributed by atoms with Gasteiger partial charge in [-0.3, -0.25) is 4.79 Å². The van der Waals surface area contributed by atoms with Gasteiger partial charge in [-0.1, -0.05) is 24.3 Å². The fourth-order valence-electron chi connectivity index (χ4n) is 3.91. The topological polar surface area (TPSA) is 74.0 Å². The highest BCUT2D eigenvalue weighted by Crippen LogP contribution is 2.30. The average Bonchev–Trinajstić information content (AvgIpc) is 3.39. The Morgan fingerprint density at radius 3 is 1.94 bits per heavy atom. The van der Waals surface area contributed by atoms with Gasteiger partial charge in [0.15, 0.2) is 9.84 Å². The lowest BCUT2D eigenvalue weighted by atomic mass is 9.97. The first-order valence-electron chi connectivity index (χ1n) is 10.7. The van der Waals surface area contributed by atoms with Gasteiger partial charge in [-0.05, 0) is 71.8 Å². The summed E-state index contributed by atoms with van der Waals surface area (Å²) in [6.07, 6.45) is 6.55. The van der Waals surface area contributed by atoms with Gasteiger partial charge < -0.3 is 4.57 Å². The Morgan fingerprint density at radius 1 is 0.771 bits per heavy atom. The second-order valence-electron chi connectivity index (χ2n) is 8.06. The van der Waals surface area contributed by atoms with E-state index in [0.717, 1.165) is 11.9 Å². The second-order valence-corrected chi connectivity index (χ2v) is 10.1. The van der Waals surface area contributed by atoms with E-state index in [4.69, 9.17) is 0 Å².